The zero-order chi connectivity index (χ0) is 48.3. The molecule has 3 aliphatic heterocycles. The Morgan fingerprint density at radius 2 is 1.27 bits per heavy atom. The highest BCUT2D eigenvalue weighted by Crippen LogP contribution is 2.74. The first kappa shape index (κ1) is 51.1. The zero-order valence-corrected chi connectivity index (χ0v) is 39.4. The van der Waals surface area contributed by atoms with E-state index in [4.69, 9.17) is 28.4 Å². The molecule has 8 aliphatic rings. The molecular weight excluding hydrogens is 865 g/mol. The summed E-state index contributed by atoms with van der Waals surface area (Å²) in [5.41, 5.74) is 0.243. The number of fused-ring (bicyclic) bond motifs is 6. The van der Waals surface area contributed by atoms with Crippen LogP contribution in [-0.2, 0) is 28.4 Å². The molecule has 5 aliphatic carbocycles. The number of allylic oxidation sites excluding steroid dienone is 3. The molecule has 378 valence electrons. The number of ether oxygens (including phenoxy) is 6. The van der Waals surface area contributed by atoms with Crippen LogP contribution in [0, 0.1) is 44.3 Å². The SMILES string of the molecule is CC1OC(OC2CCC3(C)C(CCC4(C)C3C=CC3=C5CC(C)(C)CCC5(CO)C(O)CC34C)C2(C)CO)C(O)C(O)C1OC1OC(COC2OC(CO)C(O)C(O)C2O)C(O)C(O)C1O. The molecule has 24 unspecified atom stereocenters. The predicted octanol–water partition coefficient (Wildman–Crippen LogP) is -0.495. The minimum Gasteiger partial charge on any atom is -0.396 e. The lowest BCUT2D eigenvalue weighted by Crippen LogP contribution is -2.67. The van der Waals surface area contributed by atoms with Crippen molar-refractivity contribution in [1.82, 2.24) is 0 Å². The highest BCUT2D eigenvalue weighted by molar-refractivity contribution is 5.47. The summed E-state index contributed by atoms with van der Waals surface area (Å²) in [6.07, 6.45) is -14.1. The van der Waals surface area contributed by atoms with E-state index in [0.29, 0.717) is 12.8 Å². The van der Waals surface area contributed by atoms with E-state index in [2.05, 4.69) is 46.8 Å². The fourth-order valence-corrected chi connectivity index (χ4v) is 14.5. The molecule has 8 rings (SSSR count). The van der Waals surface area contributed by atoms with Gasteiger partial charge in [0.15, 0.2) is 18.9 Å². The van der Waals surface area contributed by atoms with Gasteiger partial charge < -0.3 is 89.7 Å². The van der Waals surface area contributed by atoms with Gasteiger partial charge in [-0.25, -0.2) is 0 Å². The van der Waals surface area contributed by atoms with Gasteiger partial charge in [0, 0.05) is 16.2 Å². The fraction of sp³-hybridized carbons (Fsp3) is 0.917. The Morgan fingerprint density at radius 1 is 0.652 bits per heavy atom. The Hall–Kier alpha value is -1.24. The maximum atomic E-state index is 12.0. The molecule has 0 radical (unpaired) electrons. The lowest BCUT2D eigenvalue weighted by molar-refractivity contribution is -0.369. The van der Waals surface area contributed by atoms with Crippen LogP contribution in [0.25, 0.3) is 0 Å². The highest BCUT2D eigenvalue weighted by atomic mass is 16.8. The average Bonchev–Trinajstić information content (AvgIpc) is 3.27. The van der Waals surface area contributed by atoms with E-state index < -0.39 is 128 Å². The van der Waals surface area contributed by atoms with E-state index >= 15 is 0 Å². The molecule has 3 saturated heterocycles. The molecule has 3 heterocycles. The normalized spacial score (nSPS) is 54.8. The maximum absolute atomic E-state index is 12.0. The van der Waals surface area contributed by atoms with Crippen LogP contribution < -0.4 is 0 Å². The van der Waals surface area contributed by atoms with Crippen molar-refractivity contribution in [2.75, 3.05) is 26.4 Å². The number of aliphatic hydroxyl groups is 12. The highest BCUT2D eigenvalue weighted by Gasteiger charge is 2.69. The molecule has 3 saturated carbocycles. The summed E-state index contributed by atoms with van der Waals surface area (Å²) in [5.74, 6) is 0.0824. The van der Waals surface area contributed by atoms with Crippen molar-refractivity contribution in [1.29, 1.82) is 0 Å². The third-order valence-corrected chi connectivity index (χ3v) is 18.9. The lowest BCUT2D eigenvalue weighted by atomic mass is 9.35. The summed E-state index contributed by atoms with van der Waals surface area (Å²) in [5, 5.41) is 130. The van der Waals surface area contributed by atoms with Gasteiger partial charge in [-0.15, -0.1) is 0 Å². The Bertz CT molecular complexity index is 1810. The van der Waals surface area contributed by atoms with Crippen LogP contribution in [-0.4, -0.2) is 192 Å². The molecule has 0 amide bonds. The van der Waals surface area contributed by atoms with Crippen LogP contribution in [0.1, 0.15) is 99.8 Å². The molecule has 66 heavy (non-hydrogen) atoms. The minimum absolute atomic E-state index is 0.0172. The third kappa shape index (κ3) is 7.84. The predicted molar refractivity (Wildman–Crippen MR) is 231 cm³/mol. The summed E-state index contributed by atoms with van der Waals surface area (Å²) < 4.78 is 35.4. The standard InChI is InChI=1S/C48H78O18/c1-22-39(66-42-37(59)34(56)32(54)26(64-42)19-61-40-36(58)33(55)31(53)25(18-49)63-40)35(57)38(60)41(62-22)65-30-11-12-44(4)27(45(30,5)20-50)10-13-46(6)28(44)9-8-23-24-16-43(2,3)14-15-48(24,21-51)29(52)17-47(23,46)7/h8-9,22,25-42,49-60H,10-21H2,1-7H3. The minimum atomic E-state index is -1.84. The van der Waals surface area contributed by atoms with Gasteiger partial charge in [0.2, 0.25) is 0 Å². The van der Waals surface area contributed by atoms with Gasteiger partial charge in [0.1, 0.15) is 67.1 Å². The van der Waals surface area contributed by atoms with Gasteiger partial charge in [-0.1, -0.05) is 59.3 Å². The topological polar surface area (TPSA) is 298 Å². The van der Waals surface area contributed by atoms with Crippen molar-refractivity contribution < 1.29 is 89.7 Å². The molecular formula is C48H78O18. The maximum Gasteiger partial charge on any atom is 0.187 e. The molecule has 18 heteroatoms. The van der Waals surface area contributed by atoms with Crippen molar-refractivity contribution >= 4 is 0 Å². The molecule has 0 bridgehead atoms. The average molecular weight is 943 g/mol. The van der Waals surface area contributed by atoms with Crippen LogP contribution in [0.2, 0.25) is 0 Å². The molecule has 0 aromatic heterocycles. The van der Waals surface area contributed by atoms with Crippen molar-refractivity contribution in [3.8, 4) is 0 Å². The summed E-state index contributed by atoms with van der Waals surface area (Å²) in [6.45, 7) is 13.6. The molecule has 0 aromatic carbocycles. The van der Waals surface area contributed by atoms with Crippen LogP contribution in [0.3, 0.4) is 0 Å². The summed E-state index contributed by atoms with van der Waals surface area (Å²) >= 11 is 0. The first-order valence-electron chi connectivity index (χ1n) is 24.1. The molecule has 0 aromatic rings. The summed E-state index contributed by atoms with van der Waals surface area (Å²) in [4.78, 5) is 0. The number of hydrogen-bond donors (Lipinski definition) is 12. The molecule has 0 spiro atoms. The van der Waals surface area contributed by atoms with Crippen LogP contribution in [0.4, 0.5) is 0 Å². The Kier molecular flexibility index (Phi) is 14.0. The van der Waals surface area contributed by atoms with Crippen molar-refractivity contribution in [2.45, 2.75) is 204 Å². The lowest BCUT2D eigenvalue weighted by Gasteiger charge is -2.70. The van der Waals surface area contributed by atoms with Crippen molar-refractivity contribution in [3.05, 3.63) is 23.3 Å². The van der Waals surface area contributed by atoms with Crippen LogP contribution in [0.5, 0.6) is 0 Å². The van der Waals surface area contributed by atoms with Crippen molar-refractivity contribution in [2.24, 2.45) is 44.3 Å². The second-order valence-electron chi connectivity index (χ2n) is 23.1. The molecule has 24 atom stereocenters. The van der Waals surface area contributed by atoms with Crippen molar-refractivity contribution in [3.63, 3.8) is 0 Å². The Morgan fingerprint density at radius 3 is 1.92 bits per heavy atom. The quantitative estimate of drug-likeness (QED) is 0.123. The number of aliphatic hydroxyl groups excluding tert-OH is 12. The molecule has 18 nitrogen and oxygen atoms in total. The van der Waals surface area contributed by atoms with Gasteiger partial charge in [-0.05, 0) is 91.9 Å². The fourth-order valence-electron chi connectivity index (χ4n) is 14.5. The van der Waals surface area contributed by atoms with E-state index in [9.17, 15) is 61.3 Å². The Balaban J connectivity index is 0.954. The van der Waals surface area contributed by atoms with E-state index in [-0.39, 0.29) is 46.7 Å². The second-order valence-corrected chi connectivity index (χ2v) is 23.1. The van der Waals surface area contributed by atoms with E-state index in [1.54, 1.807) is 6.92 Å². The van der Waals surface area contributed by atoms with Gasteiger partial charge in [0.25, 0.3) is 0 Å². The van der Waals surface area contributed by atoms with E-state index in [1.807, 2.05) is 6.92 Å². The largest absolute Gasteiger partial charge is 0.396 e. The molecule has 12 N–H and O–H groups in total. The Labute approximate surface area is 387 Å². The number of rotatable bonds is 10. The summed E-state index contributed by atoms with van der Waals surface area (Å²) in [7, 11) is 0. The third-order valence-electron chi connectivity index (χ3n) is 18.9. The first-order valence-corrected chi connectivity index (χ1v) is 24.1. The van der Waals surface area contributed by atoms with Gasteiger partial charge >= 0.3 is 0 Å². The van der Waals surface area contributed by atoms with Crippen LogP contribution >= 0.6 is 0 Å². The monoisotopic (exact) mass is 943 g/mol. The zero-order valence-electron chi connectivity index (χ0n) is 39.4. The molecule has 6 fully saturated rings. The van der Waals surface area contributed by atoms with Gasteiger partial charge in [0.05, 0.1) is 44.7 Å². The van der Waals surface area contributed by atoms with Crippen LogP contribution in [0.15, 0.2) is 23.3 Å². The second kappa shape index (κ2) is 18.1. The smallest absolute Gasteiger partial charge is 0.187 e. The van der Waals surface area contributed by atoms with E-state index in [0.717, 1.165) is 38.5 Å². The van der Waals surface area contributed by atoms with E-state index in [1.165, 1.54) is 11.1 Å². The number of hydrogen-bond acceptors (Lipinski definition) is 18. The van der Waals surface area contributed by atoms with Gasteiger partial charge in [-0.2, -0.15) is 0 Å². The first-order chi connectivity index (χ1) is 30.9. The summed E-state index contributed by atoms with van der Waals surface area (Å²) in [6, 6.07) is 0. The van der Waals surface area contributed by atoms with Gasteiger partial charge in [-0.3, -0.25) is 0 Å².